The maximum absolute atomic E-state index is 12.3. The first-order valence-electron chi connectivity index (χ1n) is 7.55. The average Bonchev–Trinajstić information content (AvgIpc) is 2.47. The summed E-state index contributed by atoms with van der Waals surface area (Å²) in [5.41, 5.74) is 6.70. The molecule has 2 N–H and O–H groups in total. The van der Waals surface area contributed by atoms with Gasteiger partial charge in [-0.3, -0.25) is 0 Å². The average molecular weight is 290 g/mol. The minimum Gasteiger partial charge on any atom is -0.463 e. The van der Waals surface area contributed by atoms with Crippen LogP contribution < -0.4 is 5.73 Å². The molecule has 1 aliphatic heterocycles. The Balaban J connectivity index is 2.41. The molecule has 114 valence electrons. The Kier molecular flexibility index (Phi) is 4.89. The fourth-order valence-corrected chi connectivity index (χ4v) is 3.33. The van der Waals surface area contributed by atoms with E-state index in [9.17, 15) is 10.1 Å². The Morgan fingerprint density at radius 1 is 1.43 bits per heavy atom. The highest BCUT2D eigenvalue weighted by atomic mass is 16.5. The maximum atomic E-state index is 12.3. The standard InChI is InChI=1S/C16H22N2O3/c1-3-20-16(19)13-10(2)21-15(18)12(9-17)14(13)11-7-5-4-6-8-11/h11,14H,3-8,18H2,1-2H3/t14-/m0/s1. The Morgan fingerprint density at radius 3 is 2.67 bits per heavy atom. The van der Waals surface area contributed by atoms with Crippen LogP contribution in [0.4, 0.5) is 0 Å². The van der Waals surface area contributed by atoms with Crippen LogP contribution in [-0.4, -0.2) is 12.6 Å². The second kappa shape index (κ2) is 6.66. The van der Waals surface area contributed by atoms with Crippen molar-refractivity contribution in [3.05, 3.63) is 22.8 Å². The van der Waals surface area contributed by atoms with Crippen molar-refractivity contribution in [3.63, 3.8) is 0 Å². The van der Waals surface area contributed by atoms with Gasteiger partial charge < -0.3 is 15.2 Å². The number of ether oxygens (including phenoxy) is 2. The Labute approximate surface area is 125 Å². The van der Waals surface area contributed by atoms with E-state index < -0.39 is 5.97 Å². The van der Waals surface area contributed by atoms with Gasteiger partial charge >= 0.3 is 5.97 Å². The number of nitrogens with two attached hydrogens (primary N) is 1. The van der Waals surface area contributed by atoms with E-state index in [0.29, 0.717) is 23.5 Å². The summed E-state index contributed by atoms with van der Waals surface area (Å²) in [6.07, 6.45) is 5.45. The van der Waals surface area contributed by atoms with Crippen molar-refractivity contribution in [1.29, 1.82) is 5.26 Å². The van der Waals surface area contributed by atoms with E-state index >= 15 is 0 Å². The molecular weight excluding hydrogens is 268 g/mol. The van der Waals surface area contributed by atoms with Crippen molar-refractivity contribution in [2.75, 3.05) is 6.61 Å². The molecule has 0 aromatic carbocycles. The number of hydrogen-bond acceptors (Lipinski definition) is 5. The summed E-state index contributed by atoms with van der Waals surface area (Å²) in [6, 6.07) is 2.14. The Hall–Kier alpha value is -1.96. The predicted molar refractivity (Wildman–Crippen MR) is 77.3 cm³/mol. The second-order valence-electron chi connectivity index (χ2n) is 5.56. The van der Waals surface area contributed by atoms with Crippen molar-refractivity contribution in [2.45, 2.75) is 46.0 Å². The zero-order chi connectivity index (χ0) is 15.4. The molecule has 1 aliphatic carbocycles. The fourth-order valence-electron chi connectivity index (χ4n) is 3.33. The zero-order valence-electron chi connectivity index (χ0n) is 12.6. The topological polar surface area (TPSA) is 85.3 Å². The van der Waals surface area contributed by atoms with Crippen LogP contribution in [0.2, 0.25) is 0 Å². The number of carbonyl (C=O) groups is 1. The highest BCUT2D eigenvalue weighted by molar-refractivity contribution is 5.91. The minimum atomic E-state index is -0.397. The predicted octanol–water partition coefficient (Wildman–Crippen LogP) is 2.74. The molecule has 0 aromatic rings. The van der Waals surface area contributed by atoms with E-state index in [1.54, 1.807) is 13.8 Å². The van der Waals surface area contributed by atoms with Gasteiger partial charge in [0.2, 0.25) is 5.88 Å². The number of carbonyl (C=O) groups excluding carboxylic acids is 1. The molecule has 0 radical (unpaired) electrons. The molecule has 1 saturated carbocycles. The molecule has 1 fully saturated rings. The van der Waals surface area contributed by atoms with Crippen LogP contribution in [0.25, 0.3) is 0 Å². The van der Waals surface area contributed by atoms with Crippen LogP contribution in [0.3, 0.4) is 0 Å². The molecule has 0 bridgehead atoms. The molecule has 0 amide bonds. The van der Waals surface area contributed by atoms with Gasteiger partial charge in [0.1, 0.15) is 11.8 Å². The van der Waals surface area contributed by atoms with Crippen molar-refractivity contribution in [2.24, 2.45) is 17.6 Å². The van der Waals surface area contributed by atoms with Crippen molar-refractivity contribution in [3.8, 4) is 6.07 Å². The highest BCUT2D eigenvalue weighted by Crippen LogP contribution is 2.42. The van der Waals surface area contributed by atoms with Gasteiger partial charge in [-0.2, -0.15) is 5.26 Å². The third-order valence-electron chi connectivity index (χ3n) is 4.27. The number of nitriles is 1. The van der Waals surface area contributed by atoms with E-state index in [1.807, 2.05) is 0 Å². The first kappa shape index (κ1) is 15.4. The summed E-state index contributed by atoms with van der Waals surface area (Å²) in [5.74, 6) is 0.151. The van der Waals surface area contributed by atoms with Crippen molar-refractivity contribution >= 4 is 5.97 Å². The van der Waals surface area contributed by atoms with Crippen LogP contribution >= 0.6 is 0 Å². The number of allylic oxidation sites excluding steroid dienone is 2. The number of rotatable bonds is 3. The van der Waals surface area contributed by atoms with Gasteiger partial charge in [-0.15, -0.1) is 0 Å². The third kappa shape index (κ3) is 3.05. The SMILES string of the molecule is CCOC(=O)C1=C(C)OC(N)=C(C#N)[C@@H]1C1CCCCC1. The molecule has 2 rings (SSSR count). The largest absolute Gasteiger partial charge is 0.463 e. The van der Waals surface area contributed by atoms with E-state index in [2.05, 4.69) is 6.07 Å². The normalized spacial score (nSPS) is 23.6. The molecule has 1 atom stereocenters. The summed E-state index contributed by atoms with van der Waals surface area (Å²) in [6.45, 7) is 3.78. The van der Waals surface area contributed by atoms with Gasteiger partial charge in [0.05, 0.1) is 17.8 Å². The van der Waals surface area contributed by atoms with Crippen LogP contribution in [0.5, 0.6) is 0 Å². The molecule has 0 aromatic heterocycles. The monoisotopic (exact) mass is 290 g/mol. The van der Waals surface area contributed by atoms with Gasteiger partial charge in [-0.1, -0.05) is 19.3 Å². The van der Waals surface area contributed by atoms with Crippen LogP contribution in [0, 0.1) is 23.2 Å². The van der Waals surface area contributed by atoms with E-state index in [0.717, 1.165) is 25.7 Å². The summed E-state index contributed by atoms with van der Waals surface area (Å²) >= 11 is 0. The van der Waals surface area contributed by atoms with Crippen molar-refractivity contribution in [1.82, 2.24) is 0 Å². The van der Waals surface area contributed by atoms with Crippen LogP contribution in [0.1, 0.15) is 46.0 Å². The lowest BCUT2D eigenvalue weighted by Crippen LogP contribution is -2.32. The molecule has 0 saturated heterocycles. The number of nitrogens with zero attached hydrogens (tertiary/aromatic N) is 1. The smallest absolute Gasteiger partial charge is 0.338 e. The van der Waals surface area contributed by atoms with Crippen LogP contribution in [-0.2, 0) is 14.3 Å². The summed E-state index contributed by atoms with van der Waals surface area (Å²) < 4.78 is 10.6. The van der Waals surface area contributed by atoms with Gasteiger partial charge in [0.15, 0.2) is 0 Å². The summed E-state index contributed by atoms with van der Waals surface area (Å²) in [4.78, 5) is 12.3. The molecule has 2 aliphatic rings. The lowest BCUT2D eigenvalue weighted by atomic mass is 9.72. The Bertz CT molecular complexity index is 522. The van der Waals surface area contributed by atoms with Gasteiger partial charge in [-0.25, -0.2) is 4.79 Å². The third-order valence-corrected chi connectivity index (χ3v) is 4.27. The van der Waals surface area contributed by atoms with Crippen LogP contribution in [0.15, 0.2) is 22.8 Å². The molecule has 1 heterocycles. The summed E-state index contributed by atoms with van der Waals surface area (Å²) in [7, 11) is 0. The first-order valence-corrected chi connectivity index (χ1v) is 7.55. The number of esters is 1. The highest BCUT2D eigenvalue weighted by Gasteiger charge is 2.40. The van der Waals surface area contributed by atoms with Gasteiger partial charge in [-0.05, 0) is 32.6 Å². The second-order valence-corrected chi connectivity index (χ2v) is 5.56. The van der Waals surface area contributed by atoms with Crippen molar-refractivity contribution < 1.29 is 14.3 Å². The van der Waals surface area contributed by atoms with E-state index in [1.165, 1.54) is 6.42 Å². The lowest BCUT2D eigenvalue weighted by Gasteiger charge is -2.34. The zero-order valence-corrected chi connectivity index (χ0v) is 12.6. The number of hydrogen-bond donors (Lipinski definition) is 1. The summed E-state index contributed by atoms with van der Waals surface area (Å²) in [5, 5.41) is 9.44. The molecule has 5 heteroatoms. The van der Waals surface area contributed by atoms with E-state index in [-0.39, 0.29) is 17.7 Å². The maximum Gasteiger partial charge on any atom is 0.338 e. The molecule has 0 spiro atoms. The fraction of sp³-hybridized carbons (Fsp3) is 0.625. The molecular formula is C16H22N2O3. The quantitative estimate of drug-likeness (QED) is 0.808. The molecule has 5 nitrogen and oxygen atoms in total. The Morgan fingerprint density at radius 2 is 2.10 bits per heavy atom. The van der Waals surface area contributed by atoms with E-state index in [4.69, 9.17) is 15.2 Å². The molecule has 0 unspecified atom stereocenters. The minimum absolute atomic E-state index is 0.124. The van der Waals surface area contributed by atoms with Gasteiger partial charge in [0, 0.05) is 5.92 Å². The molecule has 21 heavy (non-hydrogen) atoms. The lowest BCUT2D eigenvalue weighted by molar-refractivity contribution is -0.139. The van der Waals surface area contributed by atoms with Gasteiger partial charge in [0.25, 0.3) is 0 Å². The first-order chi connectivity index (χ1) is 10.1.